The first-order valence-corrected chi connectivity index (χ1v) is 8.78. The maximum Gasteiger partial charge on any atom is 0.250 e. The smallest absolute Gasteiger partial charge is 0.250 e. The molecule has 2 aromatic rings. The number of benzene rings is 2. The second kappa shape index (κ2) is 6.57. The second-order valence-corrected chi connectivity index (χ2v) is 6.89. The van der Waals surface area contributed by atoms with Gasteiger partial charge in [0.1, 0.15) is 23.7 Å². The Hall–Kier alpha value is -2.66. The van der Waals surface area contributed by atoms with Crippen LogP contribution in [0.3, 0.4) is 0 Å². The molecule has 0 saturated carbocycles. The molecular weight excluding hydrogens is 331 g/mol. The SMILES string of the molecule is CN1C=C[C@]2(CC[C@H](c3cccc(OCc4ccccc4F)c3)N2)C1=O. The number of rotatable bonds is 4. The minimum absolute atomic E-state index is 0.0898. The fourth-order valence-electron chi connectivity index (χ4n) is 3.67. The highest BCUT2D eigenvalue weighted by Gasteiger charge is 2.47. The molecule has 1 N–H and O–H groups in total. The molecule has 4 rings (SSSR count). The van der Waals surface area contributed by atoms with Crippen molar-refractivity contribution >= 4 is 5.91 Å². The van der Waals surface area contributed by atoms with E-state index in [1.165, 1.54) is 6.07 Å². The molecule has 134 valence electrons. The third-order valence-electron chi connectivity index (χ3n) is 5.16. The first-order valence-electron chi connectivity index (χ1n) is 8.78. The number of halogens is 1. The largest absolute Gasteiger partial charge is 0.489 e. The lowest BCUT2D eigenvalue weighted by atomic mass is 9.98. The molecule has 0 radical (unpaired) electrons. The van der Waals surface area contributed by atoms with E-state index >= 15 is 0 Å². The molecule has 1 amide bonds. The molecule has 4 nitrogen and oxygen atoms in total. The molecule has 26 heavy (non-hydrogen) atoms. The Balaban J connectivity index is 1.46. The fourth-order valence-corrected chi connectivity index (χ4v) is 3.67. The van der Waals surface area contributed by atoms with Gasteiger partial charge in [0.15, 0.2) is 0 Å². The summed E-state index contributed by atoms with van der Waals surface area (Å²) in [6, 6.07) is 14.5. The minimum atomic E-state index is -0.580. The maximum absolute atomic E-state index is 13.7. The summed E-state index contributed by atoms with van der Waals surface area (Å²) in [5.74, 6) is 0.518. The van der Waals surface area contributed by atoms with E-state index in [0.29, 0.717) is 11.3 Å². The van der Waals surface area contributed by atoms with Crippen LogP contribution in [0.25, 0.3) is 0 Å². The number of hydrogen-bond donors (Lipinski definition) is 1. The van der Waals surface area contributed by atoms with Gasteiger partial charge in [0.2, 0.25) is 0 Å². The lowest BCUT2D eigenvalue weighted by molar-refractivity contribution is -0.130. The van der Waals surface area contributed by atoms with Crippen LogP contribution in [0.2, 0.25) is 0 Å². The molecule has 0 bridgehead atoms. The van der Waals surface area contributed by atoms with Gasteiger partial charge in [0.25, 0.3) is 5.91 Å². The van der Waals surface area contributed by atoms with Crippen molar-refractivity contribution < 1.29 is 13.9 Å². The van der Waals surface area contributed by atoms with E-state index < -0.39 is 5.54 Å². The summed E-state index contributed by atoms with van der Waals surface area (Å²) >= 11 is 0. The summed E-state index contributed by atoms with van der Waals surface area (Å²) in [7, 11) is 1.78. The minimum Gasteiger partial charge on any atom is -0.489 e. The number of ether oxygens (including phenoxy) is 1. The average molecular weight is 352 g/mol. The molecule has 0 unspecified atom stereocenters. The van der Waals surface area contributed by atoms with Crippen LogP contribution in [0, 0.1) is 5.82 Å². The third kappa shape index (κ3) is 2.99. The van der Waals surface area contributed by atoms with E-state index in [4.69, 9.17) is 4.74 Å². The molecule has 1 spiro atoms. The van der Waals surface area contributed by atoms with E-state index in [0.717, 1.165) is 18.4 Å². The number of nitrogens with zero attached hydrogens (tertiary/aromatic N) is 1. The van der Waals surface area contributed by atoms with Gasteiger partial charge in [-0.05, 0) is 42.7 Å². The van der Waals surface area contributed by atoms with E-state index in [1.807, 2.05) is 36.5 Å². The van der Waals surface area contributed by atoms with Crippen molar-refractivity contribution in [3.8, 4) is 5.75 Å². The van der Waals surface area contributed by atoms with E-state index in [-0.39, 0.29) is 24.4 Å². The van der Waals surface area contributed by atoms with Crippen LogP contribution in [-0.4, -0.2) is 23.4 Å². The number of likely N-dealkylation sites (N-methyl/N-ethyl adjacent to an activating group) is 1. The molecule has 1 saturated heterocycles. The van der Waals surface area contributed by atoms with Crippen LogP contribution >= 0.6 is 0 Å². The molecular formula is C21H21FN2O2. The summed E-state index contributed by atoms with van der Waals surface area (Å²) in [5, 5.41) is 3.48. The van der Waals surface area contributed by atoms with Crippen LogP contribution in [0.15, 0.2) is 60.8 Å². The van der Waals surface area contributed by atoms with Crippen molar-refractivity contribution in [1.29, 1.82) is 0 Å². The average Bonchev–Trinajstić information content (AvgIpc) is 3.21. The molecule has 5 heteroatoms. The van der Waals surface area contributed by atoms with E-state index in [2.05, 4.69) is 5.32 Å². The summed E-state index contributed by atoms with van der Waals surface area (Å²) in [6.07, 6.45) is 5.43. The van der Waals surface area contributed by atoms with Crippen molar-refractivity contribution in [3.63, 3.8) is 0 Å². The highest BCUT2D eigenvalue weighted by Crippen LogP contribution is 2.38. The predicted octanol–water partition coefficient (Wildman–Crippen LogP) is 3.55. The molecule has 0 aliphatic carbocycles. The highest BCUT2D eigenvalue weighted by atomic mass is 19.1. The first kappa shape index (κ1) is 16.8. The van der Waals surface area contributed by atoms with Gasteiger partial charge in [0, 0.05) is 24.9 Å². The number of carbonyl (C=O) groups is 1. The van der Waals surface area contributed by atoms with Crippen molar-refractivity contribution in [3.05, 3.63) is 77.8 Å². The molecule has 2 aromatic carbocycles. The van der Waals surface area contributed by atoms with Crippen LogP contribution in [0.4, 0.5) is 4.39 Å². The lowest BCUT2D eigenvalue weighted by Crippen LogP contribution is -2.47. The number of amides is 1. The Morgan fingerprint density at radius 1 is 1.27 bits per heavy atom. The predicted molar refractivity (Wildman–Crippen MR) is 96.9 cm³/mol. The zero-order valence-electron chi connectivity index (χ0n) is 14.6. The van der Waals surface area contributed by atoms with E-state index in [1.54, 1.807) is 30.1 Å². The van der Waals surface area contributed by atoms with Crippen LogP contribution < -0.4 is 10.1 Å². The van der Waals surface area contributed by atoms with Crippen LogP contribution in [0.5, 0.6) is 5.75 Å². The van der Waals surface area contributed by atoms with Gasteiger partial charge in [-0.2, -0.15) is 0 Å². The Kier molecular flexibility index (Phi) is 4.24. The summed E-state index contributed by atoms with van der Waals surface area (Å²) < 4.78 is 19.5. The van der Waals surface area contributed by atoms with Gasteiger partial charge in [-0.3, -0.25) is 10.1 Å². The molecule has 1 fully saturated rings. The molecule has 2 aliphatic heterocycles. The van der Waals surface area contributed by atoms with E-state index in [9.17, 15) is 9.18 Å². The van der Waals surface area contributed by atoms with Gasteiger partial charge >= 0.3 is 0 Å². The van der Waals surface area contributed by atoms with Crippen LogP contribution in [-0.2, 0) is 11.4 Å². The molecule has 2 aliphatic rings. The topological polar surface area (TPSA) is 41.6 Å². The normalized spacial score (nSPS) is 24.6. The Morgan fingerprint density at radius 2 is 2.12 bits per heavy atom. The van der Waals surface area contributed by atoms with Gasteiger partial charge in [-0.25, -0.2) is 4.39 Å². The summed E-state index contributed by atoms with van der Waals surface area (Å²) in [5.41, 5.74) is 1.02. The Bertz CT molecular complexity index is 867. The zero-order chi connectivity index (χ0) is 18.1. The third-order valence-corrected chi connectivity index (χ3v) is 5.16. The molecule has 2 heterocycles. The molecule has 2 atom stereocenters. The standard InChI is InChI=1S/C21H21FN2O2/c1-24-12-11-21(20(24)25)10-9-19(23-21)15-6-4-7-17(13-15)26-14-16-5-2-3-8-18(16)22/h2-8,11-13,19,23H,9-10,14H2,1H3/t19-,21-/m1/s1. The maximum atomic E-state index is 13.7. The first-order chi connectivity index (χ1) is 12.6. The fraction of sp³-hybridized carbons (Fsp3) is 0.286. The highest BCUT2D eigenvalue weighted by molar-refractivity contribution is 5.92. The number of hydrogen-bond acceptors (Lipinski definition) is 3. The zero-order valence-corrected chi connectivity index (χ0v) is 14.6. The quantitative estimate of drug-likeness (QED) is 0.915. The summed E-state index contributed by atoms with van der Waals surface area (Å²) in [4.78, 5) is 14.0. The van der Waals surface area contributed by atoms with Gasteiger partial charge in [-0.15, -0.1) is 0 Å². The number of carbonyl (C=O) groups excluding carboxylic acids is 1. The van der Waals surface area contributed by atoms with Gasteiger partial charge in [-0.1, -0.05) is 30.3 Å². The van der Waals surface area contributed by atoms with Gasteiger partial charge < -0.3 is 9.64 Å². The lowest BCUT2D eigenvalue weighted by Gasteiger charge is -2.23. The molecule has 0 aromatic heterocycles. The van der Waals surface area contributed by atoms with Crippen molar-refractivity contribution in [2.75, 3.05) is 7.05 Å². The number of nitrogens with one attached hydrogen (secondary N) is 1. The summed E-state index contributed by atoms with van der Waals surface area (Å²) in [6.45, 7) is 0.185. The van der Waals surface area contributed by atoms with Crippen molar-refractivity contribution in [2.45, 2.75) is 31.0 Å². The van der Waals surface area contributed by atoms with Crippen molar-refractivity contribution in [1.82, 2.24) is 10.2 Å². The Morgan fingerprint density at radius 3 is 2.88 bits per heavy atom. The van der Waals surface area contributed by atoms with Crippen molar-refractivity contribution in [2.24, 2.45) is 0 Å². The second-order valence-electron chi connectivity index (χ2n) is 6.89. The van der Waals surface area contributed by atoms with Crippen LogP contribution in [0.1, 0.15) is 30.0 Å². The Labute approximate surface area is 152 Å². The van der Waals surface area contributed by atoms with Gasteiger partial charge in [0.05, 0.1) is 0 Å². The monoisotopic (exact) mass is 352 g/mol.